The summed E-state index contributed by atoms with van der Waals surface area (Å²) in [4.78, 5) is 0. The van der Waals surface area contributed by atoms with Gasteiger partial charge in [0.2, 0.25) is 0 Å². The fourth-order valence-electron chi connectivity index (χ4n) is 2.50. The standard InChI is InChI=1S/C13H14BrClF3N/c14-10-7-8(5-6-11(10)15)19-12-4-2-1-3-9(12)13(16,17)18/h5-7,9,12,19H,1-4H2. The van der Waals surface area contributed by atoms with E-state index in [1.165, 1.54) is 0 Å². The highest BCUT2D eigenvalue weighted by molar-refractivity contribution is 9.10. The predicted molar refractivity (Wildman–Crippen MR) is 74.6 cm³/mol. The van der Waals surface area contributed by atoms with Crippen LogP contribution in [-0.2, 0) is 0 Å². The van der Waals surface area contributed by atoms with Crippen molar-refractivity contribution in [3.05, 3.63) is 27.7 Å². The molecule has 0 heterocycles. The Bertz CT molecular complexity index is 450. The van der Waals surface area contributed by atoms with Gasteiger partial charge in [0, 0.05) is 16.2 Å². The molecule has 1 nitrogen and oxygen atoms in total. The molecular formula is C13H14BrClF3N. The first-order chi connectivity index (χ1) is 8.88. The monoisotopic (exact) mass is 355 g/mol. The lowest BCUT2D eigenvalue weighted by Gasteiger charge is -2.34. The van der Waals surface area contributed by atoms with E-state index in [0.717, 1.165) is 6.42 Å². The lowest BCUT2D eigenvalue weighted by Crippen LogP contribution is -2.41. The molecule has 106 valence electrons. The van der Waals surface area contributed by atoms with Crippen LogP contribution in [0.4, 0.5) is 18.9 Å². The summed E-state index contributed by atoms with van der Waals surface area (Å²) in [5.41, 5.74) is 0.664. The topological polar surface area (TPSA) is 12.0 Å². The van der Waals surface area contributed by atoms with E-state index in [0.29, 0.717) is 28.0 Å². The molecule has 2 atom stereocenters. The second-order valence-electron chi connectivity index (χ2n) is 4.81. The van der Waals surface area contributed by atoms with Crippen LogP contribution in [0.3, 0.4) is 0 Å². The van der Waals surface area contributed by atoms with Crippen LogP contribution in [0.25, 0.3) is 0 Å². The number of benzene rings is 1. The molecule has 1 aliphatic carbocycles. The summed E-state index contributed by atoms with van der Waals surface area (Å²) >= 11 is 9.14. The van der Waals surface area contributed by atoms with Crippen molar-refractivity contribution in [1.29, 1.82) is 0 Å². The Morgan fingerprint density at radius 1 is 1.21 bits per heavy atom. The Morgan fingerprint density at radius 2 is 1.89 bits per heavy atom. The van der Waals surface area contributed by atoms with E-state index in [1.807, 2.05) is 0 Å². The van der Waals surface area contributed by atoms with Crippen LogP contribution in [0, 0.1) is 5.92 Å². The number of halogens is 5. The third kappa shape index (κ3) is 3.78. The van der Waals surface area contributed by atoms with E-state index < -0.39 is 18.1 Å². The van der Waals surface area contributed by atoms with E-state index in [-0.39, 0.29) is 6.42 Å². The van der Waals surface area contributed by atoms with E-state index in [9.17, 15) is 13.2 Å². The van der Waals surface area contributed by atoms with Crippen molar-refractivity contribution < 1.29 is 13.2 Å². The van der Waals surface area contributed by atoms with Crippen LogP contribution < -0.4 is 5.32 Å². The normalized spacial score (nSPS) is 24.3. The van der Waals surface area contributed by atoms with Gasteiger partial charge in [-0.2, -0.15) is 13.2 Å². The van der Waals surface area contributed by atoms with Gasteiger partial charge in [0.25, 0.3) is 0 Å². The number of alkyl halides is 3. The van der Waals surface area contributed by atoms with Gasteiger partial charge in [-0.25, -0.2) is 0 Å². The molecule has 0 bridgehead atoms. The van der Waals surface area contributed by atoms with Crippen LogP contribution in [0.2, 0.25) is 5.02 Å². The van der Waals surface area contributed by atoms with Crippen LogP contribution in [-0.4, -0.2) is 12.2 Å². The third-order valence-corrected chi connectivity index (χ3v) is 4.67. The number of hydrogen-bond acceptors (Lipinski definition) is 1. The number of anilines is 1. The summed E-state index contributed by atoms with van der Waals surface area (Å²) in [6, 6.07) is 4.53. The molecule has 6 heteroatoms. The van der Waals surface area contributed by atoms with Gasteiger partial charge >= 0.3 is 6.18 Å². The van der Waals surface area contributed by atoms with E-state index >= 15 is 0 Å². The lowest BCUT2D eigenvalue weighted by molar-refractivity contribution is -0.184. The highest BCUT2D eigenvalue weighted by atomic mass is 79.9. The molecule has 1 aromatic carbocycles. The first-order valence-corrected chi connectivity index (χ1v) is 7.33. The second-order valence-corrected chi connectivity index (χ2v) is 6.07. The van der Waals surface area contributed by atoms with Gasteiger partial charge in [-0.1, -0.05) is 24.4 Å². The molecular weight excluding hydrogens is 343 g/mol. The van der Waals surface area contributed by atoms with E-state index in [2.05, 4.69) is 21.2 Å². The molecule has 1 aromatic rings. The van der Waals surface area contributed by atoms with E-state index in [4.69, 9.17) is 11.6 Å². The smallest absolute Gasteiger partial charge is 0.382 e. The maximum atomic E-state index is 13.0. The molecule has 1 aliphatic rings. The summed E-state index contributed by atoms with van der Waals surface area (Å²) in [5.74, 6) is -1.27. The first kappa shape index (κ1) is 15.0. The minimum absolute atomic E-state index is 0.204. The quantitative estimate of drug-likeness (QED) is 0.723. The summed E-state index contributed by atoms with van der Waals surface area (Å²) in [6.07, 6.45) is -1.91. The molecule has 2 rings (SSSR count). The van der Waals surface area contributed by atoms with Crippen molar-refractivity contribution in [2.75, 3.05) is 5.32 Å². The molecule has 19 heavy (non-hydrogen) atoms. The molecule has 2 unspecified atom stereocenters. The van der Waals surface area contributed by atoms with Crippen molar-refractivity contribution in [1.82, 2.24) is 0 Å². The van der Waals surface area contributed by atoms with Gasteiger partial charge in [0.15, 0.2) is 0 Å². The Morgan fingerprint density at radius 3 is 2.53 bits per heavy atom. The summed E-state index contributed by atoms with van der Waals surface area (Å²) in [6.45, 7) is 0. The average Bonchev–Trinajstić information content (AvgIpc) is 2.33. The average molecular weight is 357 g/mol. The van der Waals surface area contributed by atoms with Crippen LogP contribution in [0.15, 0.2) is 22.7 Å². The van der Waals surface area contributed by atoms with Crippen molar-refractivity contribution in [3.63, 3.8) is 0 Å². The molecule has 0 spiro atoms. The fourth-order valence-corrected chi connectivity index (χ4v) is 2.99. The summed E-state index contributed by atoms with van der Waals surface area (Å²) in [7, 11) is 0. The minimum atomic E-state index is -4.14. The Balaban J connectivity index is 2.13. The zero-order valence-corrected chi connectivity index (χ0v) is 12.4. The van der Waals surface area contributed by atoms with Gasteiger partial charge in [0.1, 0.15) is 0 Å². The Kier molecular flexibility index (Phi) is 4.66. The zero-order valence-electron chi connectivity index (χ0n) is 10.1. The van der Waals surface area contributed by atoms with Crippen molar-refractivity contribution in [2.45, 2.75) is 37.9 Å². The summed E-state index contributed by atoms with van der Waals surface area (Å²) < 4.78 is 39.6. The van der Waals surface area contributed by atoms with Crippen LogP contribution >= 0.6 is 27.5 Å². The Labute approximate surface area is 123 Å². The largest absolute Gasteiger partial charge is 0.393 e. The molecule has 1 saturated carbocycles. The third-order valence-electron chi connectivity index (χ3n) is 3.46. The van der Waals surface area contributed by atoms with Crippen molar-refractivity contribution in [3.8, 4) is 0 Å². The SMILES string of the molecule is FC(F)(F)C1CCCCC1Nc1ccc(Cl)c(Br)c1. The number of hydrogen-bond donors (Lipinski definition) is 1. The van der Waals surface area contributed by atoms with E-state index in [1.54, 1.807) is 18.2 Å². The maximum absolute atomic E-state index is 13.0. The predicted octanol–water partition coefficient (Wildman–Crippen LogP) is 5.64. The molecule has 0 aliphatic heterocycles. The molecule has 1 fully saturated rings. The lowest BCUT2D eigenvalue weighted by atomic mass is 9.84. The first-order valence-electron chi connectivity index (χ1n) is 6.16. The number of rotatable bonds is 2. The highest BCUT2D eigenvalue weighted by Crippen LogP contribution is 2.39. The zero-order chi connectivity index (χ0) is 14.0. The van der Waals surface area contributed by atoms with Gasteiger partial charge in [0.05, 0.1) is 10.9 Å². The van der Waals surface area contributed by atoms with Crippen LogP contribution in [0.5, 0.6) is 0 Å². The van der Waals surface area contributed by atoms with Gasteiger partial charge in [-0.3, -0.25) is 0 Å². The molecule has 0 saturated heterocycles. The molecule has 0 aromatic heterocycles. The van der Waals surface area contributed by atoms with Crippen molar-refractivity contribution >= 4 is 33.2 Å². The second kappa shape index (κ2) is 5.92. The van der Waals surface area contributed by atoms with Gasteiger partial charge in [-0.15, -0.1) is 0 Å². The fraction of sp³-hybridized carbons (Fsp3) is 0.538. The molecule has 1 N–H and O–H groups in total. The minimum Gasteiger partial charge on any atom is -0.382 e. The molecule has 0 amide bonds. The Hall–Kier alpha value is -0.420. The van der Waals surface area contributed by atoms with Gasteiger partial charge < -0.3 is 5.32 Å². The van der Waals surface area contributed by atoms with Crippen molar-refractivity contribution in [2.24, 2.45) is 5.92 Å². The van der Waals surface area contributed by atoms with Gasteiger partial charge in [-0.05, 0) is 47.0 Å². The summed E-state index contributed by atoms with van der Waals surface area (Å²) in [5, 5.41) is 3.54. The number of nitrogens with one attached hydrogen (secondary N) is 1. The highest BCUT2D eigenvalue weighted by Gasteiger charge is 2.45. The molecule has 0 radical (unpaired) electrons. The van der Waals surface area contributed by atoms with Crippen LogP contribution in [0.1, 0.15) is 25.7 Å². The maximum Gasteiger partial charge on any atom is 0.393 e.